The van der Waals surface area contributed by atoms with Crippen molar-refractivity contribution < 1.29 is 9.90 Å². The van der Waals surface area contributed by atoms with Gasteiger partial charge in [-0.1, -0.05) is 44.2 Å². The van der Waals surface area contributed by atoms with Crippen molar-refractivity contribution >= 4 is 5.91 Å². The van der Waals surface area contributed by atoms with E-state index in [9.17, 15) is 9.90 Å². The van der Waals surface area contributed by atoms with Crippen LogP contribution in [-0.4, -0.2) is 23.7 Å². The monoisotopic (exact) mass is 249 g/mol. The zero-order valence-electron chi connectivity index (χ0n) is 11.4. The number of hydrogen-bond donors (Lipinski definition) is 2. The highest BCUT2D eigenvalue weighted by Gasteiger charge is 2.16. The van der Waals surface area contributed by atoms with E-state index >= 15 is 0 Å². The third kappa shape index (κ3) is 4.88. The molecule has 0 bridgehead atoms. The summed E-state index contributed by atoms with van der Waals surface area (Å²) >= 11 is 0. The molecule has 0 aliphatic carbocycles. The molecule has 3 nitrogen and oxygen atoms in total. The van der Waals surface area contributed by atoms with E-state index in [0.29, 0.717) is 18.9 Å². The second-order valence-electron chi connectivity index (χ2n) is 5.16. The number of aliphatic hydroxyl groups is 1. The molecular formula is C15H23NO2. The summed E-state index contributed by atoms with van der Waals surface area (Å²) in [5.74, 6) is 0.213. The molecule has 0 aromatic heterocycles. The fraction of sp³-hybridized carbons (Fsp3) is 0.533. The fourth-order valence-electron chi connectivity index (χ4n) is 1.89. The van der Waals surface area contributed by atoms with Crippen LogP contribution in [0.15, 0.2) is 30.3 Å². The fourth-order valence-corrected chi connectivity index (χ4v) is 1.89. The molecule has 3 heteroatoms. The van der Waals surface area contributed by atoms with Gasteiger partial charge in [0.25, 0.3) is 0 Å². The Kier molecular flexibility index (Phi) is 5.86. The van der Waals surface area contributed by atoms with E-state index in [-0.39, 0.29) is 11.8 Å². The lowest BCUT2D eigenvalue weighted by atomic mass is 10.0. The predicted octanol–water partition coefficient (Wildman–Crippen LogP) is 2.31. The number of benzene rings is 1. The molecule has 1 amide bonds. The zero-order valence-corrected chi connectivity index (χ0v) is 11.4. The molecule has 1 aromatic rings. The molecule has 1 rings (SSSR count). The van der Waals surface area contributed by atoms with E-state index < -0.39 is 6.10 Å². The second kappa shape index (κ2) is 7.17. The number of amides is 1. The summed E-state index contributed by atoms with van der Waals surface area (Å²) < 4.78 is 0. The Morgan fingerprint density at radius 2 is 1.83 bits per heavy atom. The van der Waals surface area contributed by atoms with Gasteiger partial charge in [-0.05, 0) is 24.8 Å². The van der Waals surface area contributed by atoms with Gasteiger partial charge in [-0.2, -0.15) is 0 Å². The Balaban J connectivity index is 2.41. The smallest absolute Gasteiger partial charge is 0.227 e. The van der Waals surface area contributed by atoms with Crippen molar-refractivity contribution in [3.05, 3.63) is 35.9 Å². The molecule has 0 heterocycles. The van der Waals surface area contributed by atoms with Gasteiger partial charge in [-0.3, -0.25) is 4.79 Å². The number of rotatable bonds is 6. The van der Waals surface area contributed by atoms with Gasteiger partial charge >= 0.3 is 0 Å². The predicted molar refractivity (Wildman–Crippen MR) is 73.3 cm³/mol. The Bertz CT molecular complexity index is 362. The standard InChI is InChI=1S/C15H23NO2/c1-11(2)9-14(17)10-16-15(18)12(3)13-7-5-4-6-8-13/h4-8,11-12,14,17H,9-10H2,1-3H3,(H,16,18). The lowest BCUT2D eigenvalue weighted by molar-refractivity contribution is -0.122. The van der Waals surface area contributed by atoms with Crippen molar-refractivity contribution in [2.75, 3.05) is 6.54 Å². The molecule has 0 fully saturated rings. The van der Waals surface area contributed by atoms with E-state index in [1.807, 2.05) is 37.3 Å². The molecule has 2 N–H and O–H groups in total. The molecule has 0 radical (unpaired) electrons. The number of aliphatic hydroxyl groups excluding tert-OH is 1. The van der Waals surface area contributed by atoms with E-state index in [4.69, 9.17) is 0 Å². The largest absolute Gasteiger partial charge is 0.391 e. The van der Waals surface area contributed by atoms with Crippen LogP contribution in [0.3, 0.4) is 0 Å². The summed E-state index contributed by atoms with van der Waals surface area (Å²) in [5, 5.41) is 12.5. The van der Waals surface area contributed by atoms with Crippen LogP contribution in [0.25, 0.3) is 0 Å². The number of hydrogen-bond acceptors (Lipinski definition) is 2. The summed E-state index contributed by atoms with van der Waals surface area (Å²) in [6, 6.07) is 9.66. The summed E-state index contributed by atoms with van der Waals surface area (Å²) in [6.45, 7) is 6.31. The molecule has 0 aliphatic rings. The quantitative estimate of drug-likeness (QED) is 0.813. The molecule has 0 saturated carbocycles. The van der Waals surface area contributed by atoms with Gasteiger partial charge in [0, 0.05) is 6.54 Å². The SMILES string of the molecule is CC(C)CC(O)CNC(=O)C(C)c1ccccc1. The van der Waals surface area contributed by atoms with Crippen molar-refractivity contribution in [2.24, 2.45) is 5.92 Å². The van der Waals surface area contributed by atoms with E-state index in [0.717, 1.165) is 5.56 Å². The van der Waals surface area contributed by atoms with Crippen LogP contribution in [0.4, 0.5) is 0 Å². The molecule has 2 atom stereocenters. The Morgan fingerprint density at radius 1 is 1.22 bits per heavy atom. The minimum absolute atomic E-state index is 0.0380. The van der Waals surface area contributed by atoms with Crippen LogP contribution in [0.5, 0.6) is 0 Å². The van der Waals surface area contributed by atoms with Crippen molar-refractivity contribution in [1.82, 2.24) is 5.32 Å². The molecule has 0 spiro atoms. The van der Waals surface area contributed by atoms with Crippen LogP contribution in [0.2, 0.25) is 0 Å². The molecule has 0 saturated heterocycles. The van der Waals surface area contributed by atoms with Gasteiger partial charge in [0.1, 0.15) is 0 Å². The summed E-state index contributed by atoms with van der Waals surface area (Å²) in [6.07, 6.45) is 0.247. The molecular weight excluding hydrogens is 226 g/mol. The number of carbonyl (C=O) groups is 1. The van der Waals surface area contributed by atoms with Gasteiger partial charge in [-0.15, -0.1) is 0 Å². The van der Waals surface area contributed by atoms with Gasteiger partial charge in [0.15, 0.2) is 0 Å². The van der Waals surface area contributed by atoms with Crippen molar-refractivity contribution in [3.8, 4) is 0 Å². The Hall–Kier alpha value is -1.35. The lowest BCUT2D eigenvalue weighted by Crippen LogP contribution is -2.35. The van der Waals surface area contributed by atoms with Crippen molar-refractivity contribution in [2.45, 2.75) is 39.2 Å². The summed E-state index contributed by atoms with van der Waals surface area (Å²) in [7, 11) is 0. The first kappa shape index (κ1) is 14.7. The highest BCUT2D eigenvalue weighted by molar-refractivity contribution is 5.83. The first-order chi connectivity index (χ1) is 8.50. The Labute approximate surface area is 109 Å². The first-order valence-electron chi connectivity index (χ1n) is 6.51. The zero-order chi connectivity index (χ0) is 13.5. The molecule has 0 aliphatic heterocycles. The van der Waals surface area contributed by atoms with E-state index in [1.165, 1.54) is 0 Å². The molecule has 2 unspecified atom stereocenters. The lowest BCUT2D eigenvalue weighted by Gasteiger charge is -2.16. The average Bonchev–Trinajstić information content (AvgIpc) is 2.35. The highest BCUT2D eigenvalue weighted by Crippen LogP contribution is 2.14. The number of nitrogens with one attached hydrogen (secondary N) is 1. The average molecular weight is 249 g/mol. The molecule has 1 aromatic carbocycles. The normalized spacial score (nSPS) is 14.3. The third-order valence-corrected chi connectivity index (χ3v) is 2.95. The second-order valence-corrected chi connectivity index (χ2v) is 5.16. The topological polar surface area (TPSA) is 49.3 Å². The van der Waals surface area contributed by atoms with Gasteiger partial charge < -0.3 is 10.4 Å². The maximum Gasteiger partial charge on any atom is 0.227 e. The highest BCUT2D eigenvalue weighted by atomic mass is 16.3. The van der Waals surface area contributed by atoms with Crippen molar-refractivity contribution in [1.29, 1.82) is 0 Å². The van der Waals surface area contributed by atoms with Crippen LogP contribution in [-0.2, 0) is 4.79 Å². The van der Waals surface area contributed by atoms with Crippen LogP contribution in [0, 0.1) is 5.92 Å². The number of carbonyl (C=O) groups excluding carboxylic acids is 1. The molecule has 18 heavy (non-hydrogen) atoms. The summed E-state index contributed by atoms with van der Waals surface area (Å²) in [4.78, 5) is 11.9. The van der Waals surface area contributed by atoms with Gasteiger partial charge in [-0.25, -0.2) is 0 Å². The third-order valence-electron chi connectivity index (χ3n) is 2.95. The van der Waals surface area contributed by atoms with Crippen LogP contribution < -0.4 is 5.32 Å². The van der Waals surface area contributed by atoms with E-state index in [2.05, 4.69) is 19.2 Å². The van der Waals surface area contributed by atoms with Crippen LogP contribution in [0.1, 0.15) is 38.7 Å². The minimum Gasteiger partial charge on any atom is -0.391 e. The van der Waals surface area contributed by atoms with Gasteiger partial charge in [0.05, 0.1) is 12.0 Å². The first-order valence-corrected chi connectivity index (χ1v) is 6.51. The van der Waals surface area contributed by atoms with Crippen molar-refractivity contribution in [3.63, 3.8) is 0 Å². The van der Waals surface area contributed by atoms with Crippen LogP contribution >= 0.6 is 0 Å². The Morgan fingerprint density at radius 3 is 2.39 bits per heavy atom. The van der Waals surface area contributed by atoms with Gasteiger partial charge in [0.2, 0.25) is 5.91 Å². The van der Waals surface area contributed by atoms with E-state index in [1.54, 1.807) is 0 Å². The summed E-state index contributed by atoms with van der Waals surface area (Å²) in [5.41, 5.74) is 0.994. The molecule has 100 valence electrons. The maximum atomic E-state index is 11.9. The maximum absolute atomic E-state index is 11.9. The minimum atomic E-state index is -0.461.